The number of nitrogens with zero attached hydrogens (tertiary/aromatic N) is 4. The number of amides is 1. The Kier molecular flexibility index (Phi) is 4.68. The standard InChI is InChI=1S/C20H21N5O3/c1-24-12-15(10-16(24)20(27)28-2)13-5-3-6-14(9-13)19(26)21-11-18-23-22-17-7-4-8-25(17)18/h3,5-6,9-10,12H,4,7-8,11H2,1-2H3,(H,21,26). The molecule has 0 spiro atoms. The number of hydrogen-bond acceptors (Lipinski definition) is 5. The van der Waals surface area contributed by atoms with Gasteiger partial charge in [-0.1, -0.05) is 12.1 Å². The average Bonchev–Trinajstić information content (AvgIpc) is 3.42. The van der Waals surface area contributed by atoms with Gasteiger partial charge in [0.25, 0.3) is 5.91 Å². The fourth-order valence-electron chi connectivity index (χ4n) is 3.47. The summed E-state index contributed by atoms with van der Waals surface area (Å²) in [5, 5.41) is 11.2. The van der Waals surface area contributed by atoms with Gasteiger partial charge in [0, 0.05) is 37.3 Å². The first-order valence-corrected chi connectivity index (χ1v) is 9.11. The minimum atomic E-state index is -0.400. The monoisotopic (exact) mass is 379 g/mol. The van der Waals surface area contributed by atoms with Crippen molar-refractivity contribution in [3.05, 3.63) is 59.4 Å². The van der Waals surface area contributed by atoms with Gasteiger partial charge < -0.3 is 19.2 Å². The second kappa shape index (κ2) is 7.30. The summed E-state index contributed by atoms with van der Waals surface area (Å²) < 4.78 is 8.56. The molecule has 0 atom stereocenters. The maximum absolute atomic E-state index is 12.6. The largest absolute Gasteiger partial charge is 0.464 e. The lowest BCUT2D eigenvalue weighted by molar-refractivity contribution is 0.0590. The number of nitrogens with one attached hydrogen (secondary N) is 1. The minimum Gasteiger partial charge on any atom is -0.464 e. The van der Waals surface area contributed by atoms with E-state index in [1.54, 1.807) is 29.8 Å². The van der Waals surface area contributed by atoms with Gasteiger partial charge in [0.2, 0.25) is 0 Å². The maximum atomic E-state index is 12.6. The second-order valence-electron chi connectivity index (χ2n) is 6.77. The Morgan fingerprint density at radius 3 is 2.89 bits per heavy atom. The first-order chi connectivity index (χ1) is 13.6. The van der Waals surface area contributed by atoms with Crippen LogP contribution in [0.3, 0.4) is 0 Å². The van der Waals surface area contributed by atoms with Crippen molar-refractivity contribution in [2.24, 2.45) is 7.05 Å². The summed E-state index contributed by atoms with van der Waals surface area (Å²) in [4.78, 5) is 24.4. The topological polar surface area (TPSA) is 91.0 Å². The number of fused-ring (bicyclic) bond motifs is 1. The summed E-state index contributed by atoms with van der Waals surface area (Å²) >= 11 is 0. The Bertz CT molecular complexity index is 1050. The van der Waals surface area contributed by atoms with E-state index in [1.165, 1.54) is 7.11 Å². The highest BCUT2D eigenvalue weighted by molar-refractivity contribution is 5.96. The van der Waals surface area contributed by atoms with E-state index in [0.717, 1.165) is 42.2 Å². The zero-order valence-electron chi connectivity index (χ0n) is 15.8. The van der Waals surface area contributed by atoms with Gasteiger partial charge in [-0.3, -0.25) is 4.79 Å². The van der Waals surface area contributed by atoms with E-state index in [-0.39, 0.29) is 5.91 Å². The predicted molar refractivity (Wildman–Crippen MR) is 102 cm³/mol. The lowest BCUT2D eigenvalue weighted by Gasteiger charge is -2.07. The van der Waals surface area contributed by atoms with Gasteiger partial charge in [-0.25, -0.2) is 4.79 Å². The van der Waals surface area contributed by atoms with Crippen LogP contribution in [0.25, 0.3) is 11.1 Å². The number of esters is 1. The molecular formula is C20H21N5O3. The van der Waals surface area contributed by atoms with Crippen LogP contribution in [0.5, 0.6) is 0 Å². The Morgan fingerprint density at radius 2 is 2.07 bits per heavy atom. The predicted octanol–water partition coefficient (Wildman–Crippen LogP) is 1.95. The molecule has 1 aliphatic heterocycles. The molecule has 1 amide bonds. The molecule has 0 fully saturated rings. The number of carbonyl (C=O) groups is 2. The zero-order chi connectivity index (χ0) is 19.7. The van der Waals surface area contributed by atoms with Crippen molar-refractivity contribution in [1.82, 2.24) is 24.6 Å². The van der Waals surface area contributed by atoms with Crippen molar-refractivity contribution in [2.45, 2.75) is 25.9 Å². The number of aryl methyl sites for hydroxylation is 2. The molecule has 3 heterocycles. The van der Waals surface area contributed by atoms with E-state index >= 15 is 0 Å². The molecule has 3 aromatic rings. The van der Waals surface area contributed by atoms with Gasteiger partial charge in [-0.15, -0.1) is 10.2 Å². The van der Waals surface area contributed by atoms with Crippen molar-refractivity contribution in [3.63, 3.8) is 0 Å². The van der Waals surface area contributed by atoms with Crippen LogP contribution in [-0.2, 0) is 31.3 Å². The summed E-state index contributed by atoms with van der Waals surface area (Å²) in [6, 6.07) is 9.04. The SMILES string of the molecule is COC(=O)c1cc(-c2cccc(C(=O)NCc3nnc4n3CCC4)c2)cn1C. The number of ether oxygens (including phenoxy) is 1. The summed E-state index contributed by atoms with van der Waals surface area (Å²) in [5.41, 5.74) is 2.68. The molecule has 0 saturated carbocycles. The van der Waals surface area contributed by atoms with Crippen molar-refractivity contribution in [1.29, 1.82) is 0 Å². The summed E-state index contributed by atoms with van der Waals surface area (Å²) in [7, 11) is 3.13. The molecular weight excluding hydrogens is 358 g/mol. The van der Waals surface area contributed by atoms with Crippen LogP contribution in [0.15, 0.2) is 36.5 Å². The Hall–Kier alpha value is -3.42. The molecule has 8 nitrogen and oxygen atoms in total. The number of benzene rings is 1. The molecule has 1 N–H and O–H groups in total. The Balaban J connectivity index is 1.50. The molecule has 1 aliphatic rings. The molecule has 1 aromatic carbocycles. The number of carbonyl (C=O) groups excluding carboxylic acids is 2. The Labute approximate surface area is 162 Å². The molecule has 0 radical (unpaired) electrons. The molecule has 2 aromatic heterocycles. The Morgan fingerprint density at radius 1 is 1.21 bits per heavy atom. The summed E-state index contributed by atoms with van der Waals surface area (Å²) in [6.45, 7) is 1.24. The third-order valence-corrected chi connectivity index (χ3v) is 4.95. The van der Waals surface area contributed by atoms with Crippen molar-refractivity contribution in [3.8, 4) is 11.1 Å². The van der Waals surface area contributed by atoms with E-state index in [1.807, 2.05) is 18.3 Å². The van der Waals surface area contributed by atoms with Crippen LogP contribution >= 0.6 is 0 Å². The highest BCUT2D eigenvalue weighted by Gasteiger charge is 2.18. The highest BCUT2D eigenvalue weighted by atomic mass is 16.5. The maximum Gasteiger partial charge on any atom is 0.354 e. The third kappa shape index (κ3) is 3.28. The van der Waals surface area contributed by atoms with Crippen LogP contribution in [0, 0.1) is 0 Å². The normalized spacial score (nSPS) is 12.6. The molecule has 0 unspecified atom stereocenters. The third-order valence-electron chi connectivity index (χ3n) is 4.95. The minimum absolute atomic E-state index is 0.179. The molecule has 0 bridgehead atoms. The van der Waals surface area contributed by atoms with Gasteiger partial charge in [0.15, 0.2) is 5.82 Å². The van der Waals surface area contributed by atoms with Gasteiger partial charge in [0.1, 0.15) is 11.5 Å². The highest BCUT2D eigenvalue weighted by Crippen LogP contribution is 2.23. The van der Waals surface area contributed by atoms with Gasteiger partial charge >= 0.3 is 5.97 Å². The van der Waals surface area contributed by atoms with Gasteiger partial charge in [0.05, 0.1) is 13.7 Å². The quantitative estimate of drug-likeness (QED) is 0.684. The lowest BCUT2D eigenvalue weighted by atomic mass is 10.1. The van der Waals surface area contributed by atoms with Crippen molar-refractivity contribution >= 4 is 11.9 Å². The molecule has 144 valence electrons. The van der Waals surface area contributed by atoms with Crippen LogP contribution < -0.4 is 5.32 Å². The number of aromatic nitrogens is 4. The van der Waals surface area contributed by atoms with E-state index in [2.05, 4.69) is 20.1 Å². The van der Waals surface area contributed by atoms with Crippen LogP contribution in [0.4, 0.5) is 0 Å². The lowest BCUT2D eigenvalue weighted by Crippen LogP contribution is -2.24. The van der Waals surface area contributed by atoms with Gasteiger partial charge in [-0.05, 0) is 30.2 Å². The number of hydrogen-bond donors (Lipinski definition) is 1. The summed E-state index contributed by atoms with van der Waals surface area (Å²) in [6.07, 6.45) is 3.84. The van der Waals surface area contributed by atoms with E-state index in [4.69, 9.17) is 4.74 Å². The second-order valence-corrected chi connectivity index (χ2v) is 6.77. The van der Waals surface area contributed by atoms with E-state index < -0.39 is 5.97 Å². The van der Waals surface area contributed by atoms with Crippen LogP contribution in [-0.4, -0.2) is 38.3 Å². The first kappa shape index (κ1) is 18.0. The molecule has 8 heteroatoms. The molecule has 28 heavy (non-hydrogen) atoms. The summed E-state index contributed by atoms with van der Waals surface area (Å²) in [5.74, 6) is 1.18. The zero-order valence-corrected chi connectivity index (χ0v) is 15.8. The fraction of sp³-hybridized carbons (Fsp3) is 0.300. The van der Waals surface area contributed by atoms with Crippen LogP contribution in [0.1, 0.15) is 38.9 Å². The smallest absolute Gasteiger partial charge is 0.354 e. The van der Waals surface area contributed by atoms with Crippen molar-refractivity contribution < 1.29 is 14.3 Å². The first-order valence-electron chi connectivity index (χ1n) is 9.11. The molecule has 4 rings (SSSR count). The van der Waals surface area contributed by atoms with E-state index in [0.29, 0.717) is 17.8 Å². The molecule has 0 saturated heterocycles. The van der Waals surface area contributed by atoms with E-state index in [9.17, 15) is 9.59 Å². The van der Waals surface area contributed by atoms with Crippen LogP contribution in [0.2, 0.25) is 0 Å². The van der Waals surface area contributed by atoms with Crippen molar-refractivity contribution in [2.75, 3.05) is 7.11 Å². The number of rotatable bonds is 5. The van der Waals surface area contributed by atoms with Gasteiger partial charge in [-0.2, -0.15) is 0 Å². The average molecular weight is 379 g/mol. The fourth-order valence-corrected chi connectivity index (χ4v) is 3.47. The number of methoxy groups -OCH3 is 1. The molecule has 0 aliphatic carbocycles.